The molecule has 3 aromatic carbocycles. The Kier molecular flexibility index (Phi) is 6.85. The van der Waals surface area contributed by atoms with E-state index < -0.39 is 23.3 Å². The maximum atomic E-state index is 15.0. The average Bonchev–Trinajstić information content (AvgIpc) is 3.50. The van der Waals surface area contributed by atoms with Crippen molar-refractivity contribution in [3.05, 3.63) is 107 Å². The van der Waals surface area contributed by atoms with Gasteiger partial charge in [-0.25, -0.2) is 23.9 Å². The van der Waals surface area contributed by atoms with Crippen LogP contribution in [0.2, 0.25) is 5.02 Å². The Bertz CT molecular complexity index is 1380. The van der Waals surface area contributed by atoms with Crippen molar-refractivity contribution in [3.8, 4) is 0 Å². The summed E-state index contributed by atoms with van der Waals surface area (Å²) in [6, 6.07) is 16.1. The van der Waals surface area contributed by atoms with Gasteiger partial charge < -0.3 is 15.4 Å². The highest BCUT2D eigenvalue weighted by molar-refractivity contribution is 6.30. The smallest absolute Gasteiger partial charge is 0.137 e. The van der Waals surface area contributed by atoms with Gasteiger partial charge in [0.15, 0.2) is 0 Å². The van der Waals surface area contributed by atoms with Gasteiger partial charge in [-0.3, -0.25) is 0 Å². The van der Waals surface area contributed by atoms with E-state index in [1.807, 2.05) is 48.3 Å². The molecular formula is C27H27ClF2N6O. The van der Waals surface area contributed by atoms with Crippen molar-refractivity contribution in [3.63, 3.8) is 0 Å². The first-order valence-corrected chi connectivity index (χ1v) is 12.3. The van der Waals surface area contributed by atoms with Crippen LogP contribution in [-0.4, -0.2) is 25.9 Å². The number of aromatic nitrogens is 3. The molecule has 7 nitrogen and oxygen atoms in total. The molecule has 0 aliphatic carbocycles. The molecule has 192 valence electrons. The monoisotopic (exact) mass is 524 g/mol. The number of fused-ring (bicyclic) bond motifs is 1. The van der Waals surface area contributed by atoms with Crippen molar-refractivity contribution in [2.24, 2.45) is 0 Å². The van der Waals surface area contributed by atoms with Crippen LogP contribution < -0.4 is 15.8 Å². The zero-order valence-corrected chi connectivity index (χ0v) is 21.1. The standard InChI is InChI=1S/C27H27ClF2N6O/c1-17-23-12-22(32-13-19-3-5-20(28)6-4-19)8-10-26(23)36(34-17)18(2)27(37,14-35-16-31-15-33-35)24-9-7-21(29)11-25(24)30/h3-12,15-18,32,34,37H,13-14H2,1-2H3/t17?,18-,27-/m1/s1. The summed E-state index contributed by atoms with van der Waals surface area (Å²) in [5, 5.41) is 22.1. The SMILES string of the molecule is CC1NN([C@H](C)[C@](O)(Cn2cncn2)c2ccc(F)cc2F)c2ccc(NCc3ccc(Cl)cc3)cc21. The van der Waals surface area contributed by atoms with E-state index in [2.05, 4.69) is 26.9 Å². The summed E-state index contributed by atoms with van der Waals surface area (Å²) in [5.41, 5.74) is 5.53. The first-order valence-electron chi connectivity index (χ1n) is 11.9. The summed E-state index contributed by atoms with van der Waals surface area (Å²) >= 11 is 5.98. The Morgan fingerprint density at radius 3 is 2.62 bits per heavy atom. The minimum absolute atomic E-state index is 0.0268. The van der Waals surface area contributed by atoms with E-state index in [1.54, 1.807) is 6.92 Å². The lowest BCUT2D eigenvalue weighted by atomic mass is 9.85. The quantitative estimate of drug-likeness (QED) is 0.295. The van der Waals surface area contributed by atoms with Crippen LogP contribution in [0.25, 0.3) is 0 Å². The van der Waals surface area contributed by atoms with Crippen molar-refractivity contribution >= 4 is 23.0 Å². The molecule has 1 unspecified atom stereocenters. The predicted molar refractivity (Wildman–Crippen MR) is 139 cm³/mol. The van der Waals surface area contributed by atoms with E-state index in [-0.39, 0.29) is 18.2 Å². The number of hydrogen-bond donors (Lipinski definition) is 3. The largest absolute Gasteiger partial charge is 0.381 e. The number of rotatable bonds is 8. The van der Waals surface area contributed by atoms with Gasteiger partial charge >= 0.3 is 0 Å². The van der Waals surface area contributed by atoms with Crippen molar-refractivity contribution in [2.45, 2.75) is 44.6 Å². The number of aliphatic hydroxyl groups is 1. The highest BCUT2D eigenvalue weighted by atomic mass is 35.5. The van der Waals surface area contributed by atoms with Crippen LogP contribution in [0.15, 0.2) is 73.3 Å². The summed E-state index contributed by atoms with van der Waals surface area (Å²) in [5.74, 6) is -1.54. The summed E-state index contributed by atoms with van der Waals surface area (Å²) in [6.45, 7) is 4.36. The number of anilines is 2. The Balaban J connectivity index is 1.44. The molecule has 0 spiro atoms. The second kappa shape index (κ2) is 10.1. The third-order valence-electron chi connectivity index (χ3n) is 6.84. The van der Waals surface area contributed by atoms with Gasteiger partial charge in [0.1, 0.15) is 29.9 Å². The molecule has 0 bridgehead atoms. The number of halogens is 3. The first-order chi connectivity index (χ1) is 17.7. The van der Waals surface area contributed by atoms with Crippen LogP contribution in [-0.2, 0) is 18.7 Å². The van der Waals surface area contributed by atoms with Gasteiger partial charge in [0.05, 0.1) is 24.3 Å². The van der Waals surface area contributed by atoms with Gasteiger partial charge in [0.25, 0.3) is 0 Å². The Labute approximate surface area is 218 Å². The van der Waals surface area contributed by atoms with E-state index in [9.17, 15) is 13.9 Å². The summed E-state index contributed by atoms with van der Waals surface area (Å²) < 4.78 is 30.1. The maximum Gasteiger partial charge on any atom is 0.137 e. The van der Waals surface area contributed by atoms with Crippen LogP contribution in [0.5, 0.6) is 0 Å². The van der Waals surface area contributed by atoms with Gasteiger partial charge in [0, 0.05) is 28.9 Å². The topological polar surface area (TPSA) is 78.2 Å². The molecule has 37 heavy (non-hydrogen) atoms. The van der Waals surface area contributed by atoms with Crippen LogP contribution in [0.3, 0.4) is 0 Å². The molecule has 2 heterocycles. The summed E-state index contributed by atoms with van der Waals surface area (Å²) in [4.78, 5) is 3.94. The summed E-state index contributed by atoms with van der Waals surface area (Å²) in [6.07, 6.45) is 2.79. The fraction of sp³-hybridized carbons (Fsp3) is 0.259. The lowest BCUT2D eigenvalue weighted by Gasteiger charge is -2.40. The fourth-order valence-corrected chi connectivity index (χ4v) is 4.89. The molecule has 0 saturated carbocycles. The minimum Gasteiger partial charge on any atom is -0.381 e. The van der Waals surface area contributed by atoms with Crippen LogP contribution in [0, 0.1) is 11.6 Å². The van der Waals surface area contributed by atoms with Gasteiger partial charge in [-0.2, -0.15) is 5.10 Å². The molecule has 1 aliphatic rings. The first kappa shape index (κ1) is 25.1. The molecule has 4 aromatic rings. The van der Waals surface area contributed by atoms with E-state index >= 15 is 0 Å². The highest BCUT2D eigenvalue weighted by Crippen LogP contribution is 2.41. The van der Waals surface area contributed by atoms with E-state index in [0.29, 0.717) is 11.6 Å². The predicted octanol–water partition coefficient (Wildman–Crippen LogP) is 5.18. The fourth-order valence-electron chi connectivity index (χ4n) is 4.76. The van der Waals surface area contributed by atoms with Gasteiger partial charge in [-0.15, -0.1) is 0 Å². The minimum atomic E-state index is -1.77. The lowest BCUT2D eigenvalue weighted by molar-refractivity contribution is -0.0136. The molecule has 0 saturated heterocycles. The molecule has 3 atom stereocenters. The van der Waals surface area contributed by atoms with Crippen molar-refractivity contribution in [2.75, 3.05) is 10.3 Å². The average molecular weight is 525 g/mol. The number of hydrogen-bond acceptors (Lipinski definition) is 6. The molecule has 0 fully saturated rings. The zero-order valence-electron chi connectivity index (χ0n) is 20.4. The van der Waals surface area contributed by atoms with Crippen molar-refractivity contribution < 1.29 is 13.9 Å². The number of nitrogens with one attached hydrogen (secondary N) is 2. The molecule has 10 heteroatoms. The molecule has 5 rings (SSSR count). The number of nitrogens with zero attached hydrogens (tertiary/aromatic N) is 4. The normalized spacial score (nSPS) is 17.4. The molecule has 0 radical (unpaired) electrons. The zero-order chi connectivity index (χ0) is 26.2. The number of hydrazine groups is 1. The Morgan fingerprint density at radius 2 is 1.92 bits per heavy atom. The molecule has 0 amide bonds. The van der Waals surface area contributed by atoms with Crippen molar-refractivity contribution in [1.82, 2.24) is 20.2 Å². The molecule has 3 N–H and O–H groups in total. The lowest BCUT2D eigenvalue weighted by Crippen LogP contribution is -2.55. The van der Waals surface area contributed by atoms with Gasteiger partial charge in [-0.05, 0) is 61.4 Å². The second-order valence-corrected chi connectivity index (χ2v) is 9.73. The van der Waals surface area contributed by atoms with Crippen LogP contribution in [0.1, 0.15) is 36.6 Å². The molecule has 1 aliphatic heterocycles. The highest BCUT2D eigenvalue weighted by Gasteiger charge is 2.45. The maximum absolute atomic E-state index is 15.0. The van der Waals surface area contributed by atoms with E-state index in [4.69, 9.17) is 11.6 Å². The second-order valence-electron chi connectivity index (χ2n) is 9.29. The van der Waals surface area contributed by atoms with Crippen LogP contribution in [0.4, 0.5) is 20.2 Å². The third kappa shape index (κ3) is 5.02. The van der Waals surface area contributed by atoms with E-state index in [0.717, 1.165) is 34.6 Å². The number of benzene rings is 3. The third-order valence-corrected chi connectivity index (χ3v) is 7.09. The molecular weight excluding hydrogens is 498 g/mol. The van der Waals surface area contributed by atoms with Gasteiger partial charge in [-0.1, -0.05) is 29.8 Å². The van der Waals surface area contributed by atoms with E-state index in [1.165, 1.54) is 23.4 Å². The molecule has 1 aromatic heterocycles. The summed E-state index contributed by atoms with van der Waals surface area (Å²) in [7, 11) is 0. The van der Waals surface area contributed by atoms with Crippen LogP contribution >= 0.6 is 11.6 Å². The Hall–Kier alpha value is -3.53. The van der Waals surface area contributed by atoms with Gasteiger partial charge in [0.2, 0.25) is 0 Å². The Morgan fingerprint density at radius 1 is 1.14 bits per heavy atom. The van der Waals surface area contributed by atoms with Crippen molar-refractivity contribution in [1.29, 1.82) is 0 Å².